The number of hydrogen-bond acceptors (Lipinski definition) is 1. The molecular formula is C11H6Cl4S. The summed E-state index contributed by atoms with van der Waals surface area (Å²) >= 11 is 25.4. The second-order valence-corrected chi connectivity index (χ2v) is 6.35. The summed E-state index contributed by atoms with van der Waals surface area (Å²) < 4.78 is 1.26. The van der Waals surface area contributed by atoms with Gasteiger partial charge in [-0.2, -0.15) is 0 Å². The average Bonchev–Trinajstić information content (AvgIpc) is 2.58. The fourth-order valence-corrected chi connectivity index (χ4v) is 3.43. The Morgan fingerprint density at radius 3 is 2.12 bits per heavy atom. The average molecular weight is 312 g/mol. The molecule has 0 fully saturated rings. The molecule has 0 saturated heterocycles. The van der Waals surface area contributed by atoms with Crippen LogP contribution in [0.1, 0.15) is 16.5 Å². The van der Waals surface area contributed by atoms with Crippen LogP contribution in [0.3, 0.4) is 0 Å². The Morgan fingerprint density at radius 2 is 1.62 bits per heavy atom. The summed E-state index contributed by atoms with van der Waals surface area (Å²) in [6.45, 7) is 0. The van der Waals surface area contributed by atoms with Crippen LogP contribution in [0.4, 0.5) is 0 Å². The van der Waals surface area contributed by atoms with Crippen molar-refractivity contribution >= 4 is 57.7 Å². The van der Waals surface area contributed by atoms with Gasteiger partial charge in [0.1, 0.15) is 0 Å². The van der Waals surface area contributed by atoms with Crippen LogP contribution >= 0.6 is 57.7 Å². The maximum atomic E-state index is 6.32. The van der Waals surface area contributed by atoms with E-state index in [4.69, 9.17) is 46.4 Å². The molecule has 84 valence electrons. The molecule has 0 nitrogen and oxygen atoms in total. The zero-order valence-electron chi connectivity index (χ0n) is 7.88. The lowest BCUT2D eigenvalue weighted by Gasteiger charge is -2.08. The lowest BCUT2D eigenvalue weighted by Crippen LogP contribution is -1.91. The molecule has 5 heteroatoms. The molecule has 2 aromatic rings. The summed E-state index contributed by atoms with van der Waals surface area (Å²) in [6, 6.07) is 9.15. The minimum absolute atomic E-state index is 0.298. The van der Waals surface area contributed by atoms with Gasteiger partial charge in [-0.25, -0.2) is 0 Å². The first-order chi connectivity index (χ1) is 7.58. The van der Waals surface area contributed by atoms with E-state index in [0.29, 0.717) is 13.7 Å². The van der Waals surface area contributed by atoms with Gasteiger partial charge in [-0.1, -0.05) is 46.9 Å². The Morgan fingerprint density at radius 1 is 1.00 bits per heavy atom. The van der Waals surface area contributed by atoms with E-state index in [1.807, 2.05) is 12.1 Å². The van der Waals surface area contributed by atoms with Crippen LogP contribution < -0.4 is 0 Å². The van der Waals surface area contributed by atoms with Crippen LogP contribution in [0.25, 0.3) is 0 Å². The molecule has 0 spiro atoms. The highest BCUT2D eigenvalue weighted by Gasteiger charge is 2.16. The summed E-state index contributed by atoms with van der Waals surface area (Å²) in [5, 5.41) is 0.385. The van der Waals surface area contributed by atoms with Crippen LogP contribution in [0, 0.1) is 0 Å². The Bertz CT molecular complexity index is 489. The zero-order chi connectivity index (χ0) is 11.7. The number of benzene rings is 1. The standard InChI is InChI=1S/C11H6Cl4S/c12-7-3-1-6(2-4-7)10(14)8-5-9(13)16-11(8)15/h1-5,10H. The highest BCUT2D eigenvalue weighted by molar-refractivity contribution is 7.20. The SMILES string of the molecule is Clc1ccc(C(Cl)c2cc(Cl)sc2Cl)cc1. The minimum atomic E-state index is -0.298. The van der Waals surface area contributed by atoms with Gasteiger partial charge in [-0.3, -0.25) is 0 Å². The summed E-state index contributed by atoms with van der Waals surface area (Å²) in [6.07, 6.45) is 0. The quantitative estimate of drug-likeness (QED) is 0.593. The molecule has 16 heavy (non-hydrogen) atoms. The Labute approximate surface area is 118 Å². The normalized spacial score (nSPS) is 12.8. The van der Waals surface area contributed by atoms with Crippen molar-refractivity contribution < 1.29 is 0 Å². The molecule has 1 atom stereocenters. The topological polar surface area (TPSA) is 0 Å². The summed E-state index contributed by atoms with van der Waals surface area (Å²) in [5.41, 5.74) is 1.78. The van der Waals surface area contributed by atoms with Gasteiger partial charge in [0.25, 0.3) is 0 Å². The van der Waals surface area contributed by atoms with Crippen molar-refractivity contribution in [1.82, 2.24) is 0 Å². The van der Waals surface area contributed by atoms with E-state index in [-0.39, 0.29) is 5.38 Å². The first-order valence-corrected chi connectivity index (χ1v) is 6.81. The van der Waals surface area contributed by atoms with Crippen molar-refractivity contribution in [3.63, 3.8) is 0 Å². The van der Waals surface area contributed by atoms with Gasteiger partial charge < -0.3 is 0 Å². The molecule has 0 amide bonds. The van der Waals surface area contributed by atoms with Crippen molar-refractivity contribution in [3.05, 3.63) is 55.2 Å². The number of alkyl halides is 1. The predicted octanol–water partition coefficient (Wildman–Crippen LogP) is 6.04. The van der Waals surface area contributed by atoms with Crippen LogP contribution in [0.5, 0.6) is 0 Å². The monoisotopic (exact) mass is 310 g/mol. The number of hydrogen-bond donors (Lipinski definition) is 0. The van der Waals surface area contributed by atoms with E-state index < -0.39 is 0 Å². The van der Waals surface area contributed by atoms with E-state index >= 15 is 0 Å². The highest BCUT2D eigenvalue weighted by Crippen LogP contribution is 2.40. The Hall–Kier alpha value is 0.0800. The zero-order valence-corrected chi connectivity index (χ0v) is 11.7. The smallest absolute Gasteiger partial charge is 0.0994 e. The van der Waals surface area contributed by atoms with Crippen molar-refractivity contribution in [2.24, 2.45) is 0 Å². The molecule has 1 heterocycles. The summed E-state index contributed by atoms with van der Waals surface area (Å²) in [5.74, 6) is 0. The van der Waals surface area contributed by atoms with Gasteiger partial charge in [-0.05, 0) is 23.8 Å². The molecule has 1 aromatic carbocycles. The third-order valence-electron chi connectivity index (χ3n) is 2.12. The molecule has 0 aliphatic carbocycles. The van der Waals surface area contributed by atoms with Crippen LogP contribution in [0.15, 0.2) is 30.3 Å². The molecule has 0 saturated carbocycles. The van der Waals surface area contributed by atoms with Gasteiger partial charge in [0.05, 0.1) is 14.0 Å². The van der Waals surface area contributed by atoms with Gasteiger partial charge in [0, 0.05) is 10.6 Å². The number of halogens is 4. The van der Waals surface area contributed by atoms with Gasteiger partial charge >= 0.3 is 0 Å². The predicted molar refractivity (Wildman–Crippen MR) is 73.5 cm³/mol. The van der Waals surface area contributed by atoms with Crippen LogP contribution in [-0.2, 0) is 0 Å². The van der Waals surface area contributed by atoms with Crippen molar-refractivity contribution in [2.75, 3.05) is 0 Å². The summed E-state index contributed by atoms with van der Waals surface area (Å²) in [4.78, 5) is 0. The molecule has 0 N–H and O–H groups in total. The Kier molecular flexibility index (Phi) is 4.04. The number of rotatable bonds is 2. The lowest BCUT2D eigenvalue weighted by atomic mass is 10.1. The van der Waals surface area contributed by atoms with Gasteiger partial charge in [0.2, 0.25) is 0 Å². The molecular weight excluding hydrogens is 306 g/mol. The molecule has 0 radical (unpaired) electrons. The molecule has 0 aliphatic heterocycles. The molecule has 0 bridgehead atoms. The van der Waals surface area contributed by atoms with Crippen molar-refractivity contribution in [2.45, 2.75) is 5.38 Å². The maximum absolute atomic E-state index is 6.32. The van der Waals surface area contributed by atoms with E-state index in [2.05, 4.69) is 0 Å². The van der Waals surface area contributed by atoms with E-state index in [1.165, 1.54) is 11.3 Å². The first-order valence-electron chi connectivity index (χ1n) is 4.42. The lowest BCUT2D eigenvalue weighted by molar-refractivity contribution is 1.16. The fraction of sp³-hybridized carbons (Fsp3) is 0.0909. The first kappa shape index (κ1) is 12.5. The second-order valence-electron chi connectivity index (χ2n) is 3.19. The largest absolute Gasteiger partial charge is 0.113 e. The fourth-order valence-electron chi connectivity index (χ4n) is 1.34. The summed E-state index contributed by atoms with van der Waals surface area (Å²) in [7, 11) is 0. The van der Waals surface area contributed by atoms with Gasteiger partial charge in [-0.15, -0.1) is 22.9 Å². The maximum Gasteiger partial charge on any atom is 0.0994 e. The van der Waals surface area contributed by atoms with Crippen LogP contribution in [-0.4, -0.2) is 0 Å². The molecule has 2 rings (SSSR count). The minimum Gasteiger partial charge on any atom is -0.113 e. The highest BCUT2D eigenvalue weighted by atomic mass is 35.5. The van der Waals surface area contributed by atoms with E-state index in [9.17, 15) is 0 Å². The molecule has 1 unspecified atom stereocenters. The second kappa shape index (κ2) is 5.16. The third kappa shape index (κ3) is 2.66. The third-order valence-corrected chi connectivity index (χ3v) is 4.38. The van der Waals surface area contributed by atoms with Crippen LogP contribution in [0.2, 0.25) is 13.7 Å². The van der Waals surface area contributed by atoms with E-state index in [0.717, 1.165) is 11.1 Å². The molecule has 0 aliphatic rings. The molecule has 1 aromatic heterocycles. The van der Waals surface area contributed by atoms with Crippen molar-refractivity contribution in [3.8, 4) is 0 Å². The van der Waals surface area contributed by atoms with Gasteiger partial charge in [0.15, 0.2) is 0 Å². The van der Waals surface area contributed by atoms with E-state index in [1.54, 1.807) is 18.2 Å². The van der Waals surface area contributed by atoms with Crippen molar-refractivity contribution in [1.29, 1.82) is 0 Å². The Balaban J connectivity index is 2.35. The number of thiophene rings is 1.